The Morgan fingerprint density at radius 1 is 1.12 bits per heavy atom. The van der Waals surface area contributed by atoms with Crippen LogP contribution in [0.2, 0.25) is 0 Å². The first kappa shape index (κ1) is 12.8. The van der Waals surface area contributed by atoms with Gasteiger partial charge in [-0.25, -0.2) is 0 Å². The van der Waals surface area contributed by atoms with Gasteiger partial charge in [0.25, 0.3) is 0 Å². The highest BCUT2D eigenvalue weighted by atomic mass is 79.9. The summed E-state index contributed by atoms with van der Waals surface area (Å²) < 4.78 is 1.19. The molecule has 1 N–H and O–H groups in total. The number of halogens is 1. The number of benzene rings is 1. The lowest BCUT2D eigenvalue weighted by Crippen LogP contribution is -2.21. The minimum absolute atomic E-state index is 0.369. The molecule has 17 heavy (non-hydrogen) atoms. The van der Waals surface area contributed by atoms with E-state index in [1.807, 2.05) is 7.05 Å². The zero-order valence-electron chi connectivity index (χ0n) is 9.98. The molecule has 90 valence electrons. The summed E-state index contributed by atoms with van der Waals surface area (Å²) in [6.45, 7) is 2.27. The van der Waals surface area contributed by atoms with Gasteiger partial charge in [-0.05, 0) is 40.7 Å². The van der Waals surface area contributed by atoms with Crippen molar-refractivity contribution in [2.45, 2.75) is 18.9 Å². The Morgan fingerprint density at radius 3 is 2.35 bits per heavy atom. The highest BCUT2D eigenvalue weighted by Crippen LogP contribution is 2.35. The van der Waals surface area contributed by atoms with Crippen molar-refractivity contribution in [1.29, 1.82) is 0 Å². The van der Waals surface area contributed by atoms with Crippen molar-refractivity contribution in [1.82, 2.24) is 5.32 Å². The van der Waals surface area contributed by atoms with Gasteiger partial charge in [0.2, 0.25) is 0 Å². The molecule has 0 radical (unpaired) electrons. The van der Waals surface area contributed by atoms with Gasteiger partial charge in [0, 0.05) is 16.8 Å². The molecule has 0 saturated carbocycles. The first-order valence-corrected chi connectivity index (χ1v) is 7.30. The zero-order valence-corrected chi connectivity index (χ0v) is 12.4. The van der Waals surface area contributed by atoms with Gasteiger partial charge in [-0.2, -0.15) is 0 Å². The quantitative estimate of drug-likeness (QED) is 0.872. The summed E-state index contributed by atoms with van der Waals surface area (Å²) in [5.41, 5.74) is 1.37. The first-order chi connectivity index (χ1) is 8.22. The van der Waals surface area contributed by atoms with Gasteiger partial charge in [-0.3, -0.25) is 0 Å². The number of hydrogen-bond donors (Lipinski definition) is 1. The molecule has 2 atom stereocenters. The number of hydrogen-bond acceptors (Lipinski definition) is 2. The Kier molecular flexibility index (Phi) is 4.37. The summed E-state index contributed by atoms with van der Waals surface area (Å²) in [5, 5.41) is 3.42. The van der Waals surface area contributed by atoms with Gasteiger partial charge in [0.15, 0.2) is 0 Å². The molecular weight excluding hydrogens is 294 g/mol. The third kappa shape index (κ3) is 2.97. The van der Waals surface area contributed by atoms with E-state index in [2.05, 4.69) is 70.6 Å². The summed E-state index contributed by atoms with van der Waals surface area (Å²) in [5.74, 6) is 0.465. The van der Waals surface area contributed by atoms with E-state index in [1.54, 1.807) is 11.3 Å². The summed E-state index contributed by atoms with van der Waals surface area (Å²) in [6, 6.07) is 15.3. The Hall–Kier alpha value is -0.640. The van der Waals surface area contributed by atoms with Crippen LogP contribution in [-0.4, -0.2) is 7.05 Å². The van der Waals surface area contributed by atoms with E-state index in [4.69, 9.17) is 0 Å². The third-order valence-corrected chi connectivity index (χ3v) is 4.74. The van der Waals surface area contributed by atoms with Crippen LogP contribution in [0.15, 0.2) is 46.3 Å². The van der Waals surface area contributed by atoms with Crippen molar-refractivity contribution in [2.24, 2.45) is 0 Å². The Labute approximate surface area is 115 Å². The molecule has 0 aliphatic rings. The van der Waals surface area contributed by atoms with Crippen molar-refractivity contribution in [3.05, 3.63) is 56.7 Å². The number of rotatable bonds is 4. The minimum Gasteiger partial charge on any atom is -0.312 e. The van der Waals surface area contributed by atoms with Crippen LogP contribution < -0.4 is 5.32 Å². The molecule has 3 heteroatoms. The van der Waals surface area contributed by atoms with Gasteiger partial charge in [0.05, 0.1) is 3.79 Å². The van der Waals surface area contributed by atoms with Crippen molar-refractivity contribution in [3.8, 4) is 0 Å². The van der Waals surface area contributed by atoms with Gasteiger partial charge < -0.3 is 5.32 Å². The van der Waals surface area contributed by atoms with Gasteiger partial charge in [0.1, 0.15) is 0 Å². The molecule has 0 aliphatic carbocycles. The Balaban J connectivity index is 2.25. The van der Waals surface area contributed by atoms with Gasteiger partial charge in [-0.1, -0.05) is 37.3 Å². The predicted octanol–water partition coefficient (Wildman–Crippen LogP) is 4.57. The highest BCUT2D eigenvalue weighted by molar-refractivity contribution is 9.11. The molecule has 2 rings (SSSR count). The van der Waals surface area contributed by atoms with E-state index in [0.717, 1.165) is 0 Å². The first-order valence-electron chi connectivity index (χ1n) is 5.70. The van der Waals surface area contributed by atoms with Crippen molar-refractivity contribution >= 4 is 27.3 Å². The molecular formula is C14H16BrNS. The SMILES string of the molecule is CNC(c1ccc(Br)s1)C(C)c1ccccc1. The minimum atomic E-state index is 0.369. The van der Waals surface area contributed by atoms with Crippen LogP contribution in [0.25, 0.3) is 0 Å². The number of thiophene rings is 1. The molecule has 0 amide bonds. The smallest absolute Gasteiger partial charge is 0.0701 e. The van der Waals surface area contributed by atoms with Crippen LogP contribution in [0.1, 0.15) is 29.3 Å². The molecule has 1 nitrogen and oxygen atoms in total. The highest BCUT2D eigenvalue weighted by Gasteiger charge is 2.20. The van der Waals surface area contributed by atoms with Crippen LogP contribution in [0.5, 0.6) is 0 Å². The van der Waals surface area contributed by atoms with Crippen LogP contribution in [0.4, 0.5) is 0 Å². The fraction of sp³-hybridized carbons (Fsp3) is 0.286. The average molecular weight is 310 g/mol. The summed E-state index contributed by atoms with van der Waals surface area (Å²) in [7, 11) is 2.03. The van der Waals surface area contributed by atoms with E-state index in [1.165, 1.54) is 14.2 Å². The topological polar surface area (TPSA) is 12.0 Å². The maximum atomic E-state index is 3.53. The molecule has 1 aromatic carbocycles. The van der Waals surface area contributed by atoms with Crippen LogP contribution >= 0.6 is 27.3 Å². The second-order valence-electron chi connectivity index (χ2n) is 4.11. The molecule has 1 heterocycles. The Morgan fingerprint density at radius 2 is 1.82 bits per heavy atom. The van der Waals surface area contributed by atoms with Crippen molar-refractivity contribution in [3.63, 3.8) is 0 Å². The monoisotopic (exact) mass is 309 g/mol. The normalized spacial score (nSPS) is 14.5. The largest absolute Gasteiger partial charge is 0.312 e. The van der Waals surface area contributed by atoms with Crippen LogP contribution in [0, 0.1) is 0 Å². The maximum Gasteiger partial charge on any atom is 0.0701 e. The lowest BCUT2D eigenvalue weighted by Gasteiger charge is -2.22. The predicted molar refractivity (Wildman–Crippen MR) is 78.7 cm³/mol. The molecule has 0 fully saturated rings. The molecule has 1 aromatic heterocycles. The van der Waals surface area contributed by atoms with E-state index < -0.39 is 0 Å². The zero-order chi connectivity index (χ0) is 12.3. The third-order valence-electron chi connectivity index (χ3n) is 3.04. The van der Waals surface area contributed by atoms with E-state index in [-0.39, 0.29) is 0 Å². The summed E-state index contributed by atoms with van der Waals surface area (Å²) in [4.78, 5) is 1.37. The Bertz CT molecular complexity index is 466. The van der Waals surface area contributed by atoms with Crippen LogP contribution in [-0.2, 0) is 0 Å². The van der Waals surface area contributed by atoms with E-state index >= 15 is 0 Å². The number of likely N-dealkylation sites (N-methyl/N-ethyl adjacent to an activating group) is 1. The number of nitrogens with one attached hydrogen (secondary N) is 1. The standard InChI is InChI=1S/C14H16BrNS/c1-10(11-6-4-3-5-7-11)14(16-2)12-8-9-13(15)17-12/h3-10,14,16H,1-2H3. The lowest BCUT2D eigenvalue weighted by molar-refractivity contribution is 0.516. The fourth-order valence-electron chi connectivity index (χ4n) is 2.08. The van der Waals surface area contributed by atoms with Crippen molar-refractivity contribution < 1.29 is 0 Å². The fourth-order valence-corrected chi connectivity index (χ4v) is 3.72. The lowest BCUT2D eigenvalue weighted by atomic mass is 9.92. The second kappa shape index (κ2) is 5.80. The van der Waals surface area contributed by atoms with E-state index in [9.17, 15) is 0 Å². The average Bonchev–Trinajstić information content (AvgIpc) is 2.78. The van der Waals surface area contributed by atoms with Crippen molar-refractivity contribution in [2.75, 3.05) is 7.05 Å². The van der Waals surface area contributed by atoms with Crippen LogP contribution in [0.3, 0.4) is 0 Å². The molecule has 0 aliphatic heterocycles. The van der Waals surface area contributed by atoms with Gasteiger partial charge >= 0.3 is 0 Å². The molecule has 2 unspecified atom stereocenters. The van der Waals surface area contributed by atoms with Gasteiger partial charge in [-0.15, -0.1) is 11.3 Å². The molecule has 0 bridgehead atoms. The second-order valence-corrected chi connectivity index (χ2v) is 6.60. The maximum absolute atomic E-state index is 3.53. The molecule has 0 saturated heterocycles. The molecule has 2 aromatic rings. The van der Waals surface area contributed by atoms with E-state index in [0.29, 0.717) is 12.0 Å². The summed E-state index contributed by atoms with van der Waals surface area (Å²) in [6.07, 6.45) is 0. The molecule has 0 spiro atoms. The summed E-state index contributed by atoms with van der Waals surface area (Å²) >= 11 is 5.32.